The van der Waals surface area contributed by atoms with Crippen molar-refractivity contribution in [3.05, 3.63) is 0 Å². The van der Waals surface area contributed by atoms with E-state index in [-0.39, 0.29) is 13.2 Å². The van der Waals surface area contributed by atoms with Crippen molar-refractivity contribution in [3.63, 3.8) is 0 Å². The molecule has 8 heteroatoms. The quantitative estimate of drug-likeness (QED) is 0.552. The third-order valence-corrected chi connectivity index (χ3v) is 3.53. The number of carbonyl (C=O) groups is 1. The van der Waals surface area contributed by atoms with Crippen LogP contribution in [0, 0.1) is 0 Å². The molecule has 0 saturated carbocycles. The maximum absolute atomic E-state index is 11.5. The van der Waals surface area contributed by atoms with Crippen molar-refractivity contribution in [2.75, 3.05) is 40.2 Å². The Balaban J connectivity index is 4.35. The summed E-state index contributed by atoms with van der Waals surface area (Å²) in [6, 6.07) is 0. The molecular formula is C8H17NO6S. The van der Waals surface area contributed by atoms with E-state index in [1.165, 1.54) is 14.2 Å². The fourth-order valence-electron chi connectivity index (χ4n) is 0.973. The molecule has 7 nitrogen and oxygen atoms in total. The summed E-state index contributed by atoms with van der Waals surface area (Å²) >= 11 is 0. The minimum absolute atomic E-state index is 0.0259. The van der Waals surface area contributed by atoms with Gasteiger partial charge in [-0.05, 0) is 0 Å². The second kappa shape index (κ2) is 6.79. The van der Waals surface area contributed by atoms with Crippen LogP contribution < -0.4 is 0 Å². The first-order chi connectivity index (χ1) is 7.33. The highest BCUT2D eigenvalue weighted by Crippen LogP contribution is 2.01. The van der Waals surface area contributed by atoms with Gasteiger partial charge in [-0.15, -0.1) is 0 Å². The van der Waals surface area contributed by atoms with Crippen molar-refractivity contribution in [3.8, 4) is 0 Å². The van der Waals surface area contributed by atoms with Gasteiger partial charge in [0.2, 0.25) is 10.0 Å². The van der Waals surface area contributed by atoms with Crippen LogP contribution in [0.25, 0.3) is 0 Å². The summed E-state index contributed by atoms with van der Waals surface area (Å²) in [6.07, 6.45) is -0.928. The topological polar surface area (TPSA) is 93.1 Å². The van der Waals surface area contributed by atoms with Crippen LogP contribution in [0.5, 0.6) is 0 Å². The first-order valence-corrected chi connectivity index (χ1v) is 6.12. The Hall–Kier alpha value is -0.700. The molecule has 1 unspecified atom stereocenters. The van der Waals surface area contributed by atoms with Crippen molar-refractivity contribution in [1.29, 1.82) is 0 Å². The van der Waals surface area contributed by atoms with Gasteiger partial charge in [0.1, 0.15) is 0 Å². The molecule has 0 saturated heterocycles. The molecule has 0 amide bonds. The molecule has 1 atom stereocenters. The van der Waals surface area contributed by atoms with Crippen LogP contribution in [0.1, 0.15) is 0 Å². The third kappa shape index (κ3) is 5.40. The van der Waals surface area contributed by atoms with Crippen LogP contribution in [0.3, 0.4) is 0 Å². The third-order valence-electron chi connectivity index (χ3n) is 1.83. The lowest BCUT2D eigenvalue weighted by Gasteiger charge is -2.19. The van der Waals surface area contributed by atoms with Crippen LogP contribution in [0.15, 0.2) is 0 Å². The van der Waals surface area contributed by atoms with E-state index >= 15 is 0 Å². The molecule has 0 aliphatic carbocycles. The fraction of sp³-hybridized carbons (Fsp3) is 0.875. The number of carbonyl (C=O) groups excluding carboxylic acids is 1. The first-order valence-electron chi connectivity index (χ1n) is 4.51. The largest absolute Gasteiger partial charge is 0.468 e. The van der Waals surface area contributed by atoms with Gasteiger partial charge in [-0.25, -0.2) is 12.7 Å². The second-order valence-corrected chi connectivity index (χ2v) is 5.30. The van der Waals surface area contributed by atoms with E-state index in [2.05, 4.69) is 9.47 Å². The average Bonchev–Trinajstić information content (AvgIpc) is 2.17. The Labute approximate surface area is 95.0 Å². The van der Waals surface area contributed by atoms with E-state index in [4.69, 9.17) is 0 Å². The van der Waals surface area contributed by atoms with E-state index in [1.54, 1.807) is 0 Å². The van der Waals surface area contributed by atoms with Crippen LogP contribution in [-0.4, -0.2) is 70.1 Å². The monoisotopic (exact) mass is 255 g/mol. The zero-order valence-corrected chi connectivity index (χ0v) is 10.4. The molecule has 0 bridgehead atoms. The van der Waals surface area contributed by atoms with Crippen LogP contribution in [-0.2, 0) is 24.3 Å². The highest BCUT2D eigenvalue weighted by Gasteiger charge is 2.24. The van der Waals surface area contributed by atoms with Gasteiger partial charge in [0.05, 0.1) is 19.8 Å². The molecule has 0 aromatic carbocycles. The number of ether oxygens (including phenoxy) is 2. The molecular weight excluding hydrogens is 238 g/mol. The molecule has 0 aromatic rings. The zero-order chi connectivity index (χ0) is 12.8. The number of esters is 1. The maximum atomic E-state index is 11.5. The number of methoxy groups -OCH3 is 2. The van der Waals surface area contributed by atoms with Gasteiger partial charge in [0, 0.05) is 20.7 Å². The van der Waals surface area contributed by atoms with Gasteiger partial charge in [-0.2, -0.15) is 0 Å². The lowest BCUT2D eigenvalue weighted by molar-refractivity contribution is -0.137. The van der Waals surface area contributed by atoms with Gasteiger partial charge >= 0.3 is 5.97 Å². The van der Waals surface area contributed by atoms with Crippen molar-refractivity contribution in [1.82, 2.24) is 4.31 Å². The highest BCUT2D eigenvalue weighted by molar-refractivity contribution is 7.89. The minimum Gasteiger partial charge on any atom is -0.468 e. The van der Waals surface area contributed by atoms with E-state index in [0.717, 1.165) is 11.4 Å². The van der Waals surface area contributed by atoms with E-state index in [1.807, 2.05) is 0 Å². The summed E-state index contributed by atoms with van der Waals surface area (Å²) in [4.78, 5) is 10.8. The van der Waals surface area contributed by atoms with E-state index in [9.17, 15) is 18.3 Å². The van der Waals surface area contributed by atoms with Gasteiger partial charge in [0.15, 0.2) is 5.75 Å². The number of hydrogen-bond donors (Lipinski definition) is 1. The molecule has 0 radical (unpaired) electrons. The predicted molar refractivity (Wildman–Crippen MR) is 56.3 cm³/mol. The van der Waals surface area contributed by atoms with Gasteiger partial charge in [-0.3, -0.25) is 4.79 Å². The van der Waals surface area contributed by atoms with Crippen LogP contribution in [0.2, 0.25) is 0 Å². The van der Waals surface area contributed by atoms with E-state index < -0.39 is 27.8 Å². The summed E-state index contributed by atoms with van der Waals surface area (Å²) < 4.78 is 32.8. The fourth-order valence-corrected chi connectivity index (χ4v) is 2.01. The SMILES string of the molecule is COCC(O)CN(C)S(=O)(=O)CC(=O)OC. The molecule has 1 N–H and O–H groups in total. The highest BCUT2D eigenvalue weighted by atomic mass is 32.2. The molecule has 0 aliphatic rings. The lowest BCUT2D eigenvalue weighted by Crippen LogP contribution is -2.39. The standard InChI is InChI=1S/C8H17NO6S/c1-9(4-7(10)5-14-2)16(12,13)6-8(11)15-3/h7,10H,4-6H2,1-3H3. The second-order valence-electron chi connectivity index (χ2n) is 3.22. The minimum atomic E-state index is -3.74. The summed E-state index contributed by atoms with van der Waals surface area (Å²) in [7, 11) is 0.0370. The normalized spacial score (nSPS) is 13.8. The molecule has 0 aliphatic heterocycles. The number of aliphatic hydroxyl groups excluding tert-OH is 1. The molecule has 0 rings (SSSR count). The van der Waals surface area contributed by atoms with Gasteiger partial charge in [-0.1, -0.05) is 0 Å². The summed E-state index contributed by atoms with van der Waals surface area (Å²) in [6.45, 7) is -0.106. The molecule has 0 spiro atoms. The Morgan fingerprint density at radius 3 is 2.44 bits per heavy atom. The van der Waals surface area contributed by atoms with Crippen molar-refractivity contribution < 1.29 is 27.8 Å². The summed E-state index contributed by atoms with van der Waals surface area (Å²) in [5, 5.41) is 9.33. The molecule has 0 fully saturated rings. The van der Waals surface area contributed by atoms with Crippen LogP contribution in [0.4, 0.5) is 0 Å². The Morgan fingerprint density at radius 2 is 2.00 bits per heavy atom. The van der Waals surface area contributed by atoms with Crippen molar-refractivity contribution in [2.45, 2.75) is 6.10 Å². The number of hydrogen-bond acceptors (Lipinski definition) is 6. The molecule has 0 aromatic heterocycles. The number of sulfonamides is 1. The average molecular weight is 255 g/mol. The lowest BCUT2D eigenvalue weighted by atomic mass is 10.4. The Kier molecular flexibility index (Phi) is 6.49. The number of aliphatic hydroxyl groups is 1. The van der Waals surface area contributed by atoms with Crippen molar-refractivity contribution >= 4 is 16.0 Å². The molecule has 0 heterocycles. The smallest absolute Gasteiger partial charge is 0.322 e. The first kappa shape index (κ1) is 15.3. The van der Waals surface area contributed by atoms with Crippen LogP contribution >= 0.6 is 0 Å². The maximum Gasteiger partial charge on any atom is 0.322 e. The summed E-state index contributed by atoms with van der Waals surface area (Å²) in [5.41, 5.74) is 0. The predicted octanol–water partition coefficient (Wildman–Crippen LogP) is -1.57. The summed E-state index contributed by atoms with van der Waals surface area (Å²) in [5.74, 6) is -1.58. The van der Waals surface area contributed by atoms with Gasteiger partial charge < -0.3 is 14.6 Å². The van der Waals surface area contributed by atoms with Gasteiger partial charge in [0.25, 0.3) is 0 Å². The number of likely N-dealkylation sites (N-methyl/N-ethyl adjacent to an activating group) is 1. The number of rotatable bonds is 7. The Morgan fingerprint density at radius 1 is 1.44 bits per heavy atom. The Bertz CT molecular complexity index is 314. The van der Waals surface area contributed by atoms with Crippen molar-refractivity contribution in [2.24, 2.45) is 0 Å². The molecule has 16 heavy (non-hydrogen) atoms. The van der Waals surface area contributed by atoms with E-state index in [0.29, 0.717) is 0 Å². The zero-order valence-electron chi connectivity index (χ0n) is 9.54. The number of nitrogens with zero attached hydrogens (tertiary/aromatic N) is 1. The molecule has 96 valence electrons.